The minimum absolute atomic E-state index is 0.0577. The van der Waals surface area contributed by atoms with Gasteiger partial charge in [0.2, 0.25) is 0 Å². The molecule has 0 aromatic heterocycles. The Morgan fingerprint density at radius 2 is 2.10 bits per heavy atom. The van der Waals surface area contributed by atoms with Crippen LogP contribution in [0.25, 0.3) is 0 Å². The molecular weight excluding hydrogens is 276 g/mol. The zero-order chi connectivity index (χ0) is 15.4. The minimum Gasteiger partial charge on any atom is -0.452 e. The molecule has 1 aromatic carbocycles. The topological polar surface area (TPSA) is 98.5 Å². The van der Waals surface area contributed by atoms with Crippen LogP contribution in [0.4, 0.5) is 5.69 Å². The maximum absolute atomic E-state index is 11.8. The number of nitro groups is 1. The van der Waals surface area contributed by atoms with Crippen molar-refractivity contribution in [1.82, 2.24) is 5.32 Å². The van der Waals surface area contributed by atoms with Gasteiger partial charge in [-0.3, -0.25) is 14.9 Å². The zero-order valence-electron chi connectivity index (χ0n) is 11.6. The average molecular weight is 292 g/mol. The molecule has 2 rings (SSSR count). The van der Waals surface area contributed by atoms with Gasteiger partial charge in [0.1, 0.15) is 5.56 Å². The first kappa shape index (κ1) is 15.0. The van der Waals surface area contributed by atoms with Gasteiger partial charge in [-0.25, -0.2) is 4.79 Å². The first-order valence-corrected chi connectivity index (χ1v) is 6.69. The quantitative estimate of drug-likeness (QED) is 0.488. The van der Waals surface area contributed by atoms with Crippen LogP contribution >= 0.6 is 0 Å². The highest BCUT2D eigenvalue weighted by atomic mass is 16.6. The van der Waals surface area contributed by atoms with Gasteiger partial charge >= 0.3 is 5.97 Å². The maximum Gasteiger partial charge on any atom is 0.345 e. The van der Waals surface area contributed by atoms with Crippen LogP contribution < -0.4 is 5.32 Å². The normalized spacial score (nSPS) is 15.1. The van der Waals surface area contributed by atoms with E-state index in [1.807, 2.05) is 6.92 Å². The number of amides is 1. The molecule has 112 valence electrons. The lowest BCUT2D eigenvalue weighted by molar-refractivity contribution is -0.385. The molecule has 1 atom stereocenters. The summed E-state index contributed by atoms with van der Waals surface area (Å²) >= 11 is 0. The fourth-order valence-corrected chi connectivity index (χ4v) is 2.02. The van der Waals surface area contributed by atoms with Gasteiger partial charge in [-0.05, 0) is 31.7 Å². The van der Waals surface area contributed by atoms with Crippen molar-refractivity contribution in [2.45, 2.75) is 25.8 Å². The van der Waals surface area contributed by atoms with Crippen LogP contribution in [0.15, 0.2) is 24.3 Å². The summed E-state index contributed by atoms with van der Waals surface area (Å²) in [5, 5.41) is 13.5. The predicted octanol–water partition coefficient (Wildman–Crippen LogP) is 1.67. The van der Waals surface area contributed by atoms with Gasteiger partial charge in [0.15, 0.2) is 6.61 Å². The van der Waals surface area contributed by atoms with E-state index in [0.717, 1.165) is 12.8 Å². The number of para-hydroxylation sites is 1. The molecule has 0 radical (unpaired) electrons. The Morgan fingerprint density at radius 1 is 1.43 bits per heavy atom. The number of carbonyl (C=O) groups is 2. The molecule has 1 aromatic rings. The number of benzene rings is 1. The lowest BCUT2D eigenvalue weighted by Crippen LogP contribution is -2.37. The van der Waals surface area contributed by atoms with Crippen molar-refractivity contribution in [1.29, 1.82) is 0 Å². The first-order chi connectivity index (χ1) is 9.99. The van der Waals surface area contributed by atoms with Crippen molar-refractivity contribution in [2.24, 2.45) is 5.92 Å². The van der Waals surface area contributed by atoms with Crippen LogP contribution in [-0.2, 0) is 9.53 Å². The Kier molecular flexibility index (Phi) is 4.52. The van der Waals surface area contributed by atoms with Gasteiger partial charge in [-0.1, -0.05) is 12.1 Å². The van der Waals surface area contributed by atoms with E-state index in [2.05, 4.69) is 5.32 Å². The lowest BCUT2D eigenvalue weighted by atomic mass is 10.2. The molecule has 0 spiro atoms. The van der Waals surface area contributed by atoms with Crippen LogP contribution in [0.2, 0.25) is 0 Å². The number of rotatable bonds is 6. The van der Waals surface area contributed by atoms with Gasteiger partial charge in [-0.2, -0.15) is 0 Å². The zero-order valence-corrected chi connectivity index (χ0v) is 11.6. The molecular formula is C14H16N2O5. The van der Waals surface area contributed by atoms with Gasteiger partial charge in [-0.15, -0.1) is 0 Å². The molecule has 1 N–H and O–H groups in total. The van der Waals surface area contributed by atoms with E-state index >= 15 is 0 Å². The van der Waals surface area contributed by atoms with E-state index in [1.165, 1.54) is 24.3 Å². The summed E-state index contributed by atoms with van der Waals surface area (Å²) in [5.41, 5.74) is -0.500. The van der Waals surface area contributed by atoms with Crippen LogP contribution in [0.5, 0.6) is 0 Å². The molecule has 21 heavy (non-hydrogen) atoms. The third kappa shape index (κ3) is 4.01. The van der Waals surface area contributed by atoms with E-state index in [4.69, 9.17) is 4.74 Å². The van der Waals surface area contributed by atoms with Gasteiger partial charge in [0.25, 0.3) is 11.6 Å². The van der Waals surface area contributed by atoms with Crippen molar-refractivity contribution in [3.8, 4) is 0 Å². The van der Waals surface area contributed by atoms with Crippen molar-refractivity contribution in [2.75, 3.05) is 6.61 Å². The number of carbonyl (C=O) groups excluding carboxylic acids is 2. The molecule has 0 aliphatic heterocycles. The highest BCUT2D eigenvalue weighted by Gasteiger charge is 2.29. The number of hydrogen-bond donors (Lipinski definition) is 1. The van der Waals surface area contributed by atoms with Crippen LogP contribution in [-0.4, -0.2) is 29.4 Å². The van der Waals surface area contributed by atoms with Gasteiger partial charge in [0.05, 0.1) is 4.92 Å². The second-order valence-electron chi connectivity index (χ2n) is 5.04. The maximum atomic E-state index is 11.8. The van der Waals surface area contributed by atoms with Crippen molar-refractivity contribution >= 4 is 17.6 Å². The third-order valence-corrected chi connectivity index (χ3v) is 3.37. The van der Waals surface area contributed by atoms with E-state index in [9.17, 15) is 19.7 Å². The second-order valence-corrected chi connectivity index (χ2v) is 5.04. The molecule has 0 heterocycles. The molecule has 0 unspecified atom stereocenters. The molecule has 1 aliphatic carbocycles. The third-order valence-electron chi connectivity index (χ3n) is 3.37. The smallest absolute Gasteiger partial charge is 0.345 e. The van der Waals surface area contributed by atoms with Crippen LogP contribution in [0, 0.1) is 16.0 Å². The molecule has 1 aliphatic rings. The van der Waals surface area contributed by atoms with Gasteiger partial charge in [0, 0.05) is 12.1 Å². The number of ether oxygens (including phenoxy) is 1. The highest BCUT2D eigenvalue weighted by molar-refractivity contribution is 5.95. The largest absolute Gasteiger partial charge is 0.452 e. The monoisotopic (exact) mass is 292 g/mol. The fourth-order valence-electron chi connectivity index (χ4n) is 2.02. The van der Waals surface area contributed by atoms with Crippen molar-refractivity contribution < 1.29 is 19.2 Å². The SMILES string of the molecule is C[C@@H](NC(=O)COC(=O)c1ccccc1[N+](=O)[O-])C1CC1. The Labute approximate surface area is 121 Å². The standard InChI is InChI=1S/C14H16N2O5/c1-9(10-6-7-10)15-13(17)8-21-14(18)11-4-2-3-5-12(11)16(19)20/h2-5,9-10H,6-8H2,1H3,(H,15,17)/t9-/m1/s1. The lowest BCUT2D eigenvalue weighted by Gasteiger charge is -2.12. The van der Waals surface area contributed by atoms with E-state index in [1.54, 1.807) is 0 Å². The van der Waals surface area contributed by atoms with E-state index in [-0.39, 0.29) is 17.3 Å². The Balaban J connectivity index is 1.89. The molecule has 1 fully saturated rings. The van der Waals surface area contributed by atoms with Crippen LogP contribution in [0.3, 0.4) is 0 Å². The first-order valence-electron chi connectivity index (χ1n) is 6.69. The summed E-state index contributed by atoms with van der Waals surface area (Å²) in [6.45, 7) is 1.46. The van der Waals surface area contributed by atoms with Crippen molar-refractivity contribution in [3.05, 3.63) is 39.9 Å². The molecule has 1 amide bonds. The van der Waals surface area contributed by atoms with E-state index in [0.29, 0.717) is 5.92 Å². The summed E-state index contributed by atoms with van der Waals surface area (Å²) in [5.74, 6) is -0.780. The summed E-state index contributed by atoms with van der Waals surface area (Å²) in [6.07, 6.45) is 2.19. The summed E-state index contributed by atoms with van der Waals surface area (Å²) in [6, 6.07) is 5.52. The molecule has 0 bridgehead atoms. The summed E-state index contributed by atoms with van der Waals surface area (Å²) < 4.78 is 4.83. The number of nitrogens with one attached hydrogen (secondary N) is 1. The fraction of sp³-hybridized carbons (Fsp3) is 0.429. The molecule has 1 saturated carbocycles. The number of esters is 1. The Hall–Kier alpha value is -2.44. The predicted molar refractivity (Wildman–Crippen MR) is 73.7 cm³/mol. The number of nitrogens with zero attached hydrogens (tertiary/aromatic N) is 1. The summed E-state index contributed by atoms with van der Waals surface area (Å²) in [4.78, 5) is 33.6. The highest BCUT2D eigenvalue weighted by Crippen LogP contribution is 2.32. The van der Waals surface area contributed by atoms with Gasteiger partial charge < -0.3 is 10.1 Å². The number of nitro benzene ring substituents is 1. The molecule has 0 saturated heterocycles. The van der Waals surface area contributed by atoms with Crippen LogP contribution in [0.1, 0.15) is 30.1 Å². The summed E-state index contributed by atoms with van der Waals surface area (Å²) in [7, 11) is 0. The second kappa shape index (κ2) is 6.34. The Morgan fingerprint density at radius 3 is 2.71 bits per heavy atom. The molecule has 7 nitrogen and oxygen atoms in total. The minimum atomic E-state index is -0.878. The number of hydrogen-bond acceptors (Lipinski definition) is 5. The average Bonchev–Trinajstić information content (AvgIpc) is 3.29. The Bertz CT molecular complexity index is 568. The molecule has 7 heteroatoms. The van der Waals surface area contributed by atoms with Crippen molar-refractivity contribution in [3.63, 3.8) is 0 Å². The van der Waals surface area contributed by atoms with E-state index < -0.39 is 23.4 Å².